The zero-order valence-electron chi connectivity index (χ0n) is 20.2. The van der Waals surface area contributed by atoms with Gasteiger partial charge in [-0.25, -0.2) is 8.42 Å². The van der Waals surface area contributed by atoms with Crippen LogP contribution in [0.5, 0.6) is 17.2 Å². The van der Waals surface area contributed by atoms with E-state index in [9.17, 15) is 33.3 Å². The van der Waals surface area contributed by atoms with E-state index in [1.807, 2.05) is 6.07 Å². The lowest BCUT2D eigenvalue weighted by molar-refractivity contribution is -0.124. The van der Waals surface area contributed by atoms with E-state index in [2.05, 4.69) is 0 Å². The van der Waals surface area contributed by atoms with Gasteiger partial charge in [0, 0.05) is 37.9 Å². The van der Waals surface area contributed by atoms with Crippen molar-refractivity contribution in [3.05, 3.63) is 77.9 Å². The molecule has 1 saturated heterocycles. The van der Waals surface area contributed by atoms with Gasteiger partial charge in [-0.2, -0.15) is 9.57 Å². The summed E-state index contributed by atoms with van der Waals surface area (Å²) in [4.78, 5) is 29.5. The molecule has 3 aromatic rings. The van der Waals surface area contributed by atoms with E-state index >= 15 is 0 Å². The number of para-hydroxylation sites is 1. The topological polar surface area (TPSA) is 162 Å². The van der Waals surface area contributed by atoms with Gasteiger partial charge in [0.15, 0.2) is 17.2 Å². The number of rotatable bonds is 5. The molecule has 0 aliphatic carbocycles. The Bertz CT molecular complexity index is 1500. The predicted octanol–water partition coefficient (Wildman–Crippen LogP) is 1.85. The maximum atomic E-state index is 13.7. The molecule has 0 saturated carbocycles. The lowest BCUT2D eigenvalue weighted by Gasteiger charge is -2.41. The first-order chi connectivity index (χ1) is 18.0. The molecular formula is C26H24N4O7S. The summed E-state index contributed by atoms with van der Waals surface area (Å²) in [5, 5.41) is 38.4. The van der Waals surface area contributed by atoms with Crippen molar-refractivity contribution in [2.24, 2.45) is 0 Å². The van der Waals surface area contributed by atoms with Crippen LogP contribution in [0.3, 0.4) is 0 Å². The molecule has 0 spiro atoms. The van der Waals surface area contributed by atoms with Crippen molar-refractivity contribution in [3.8, 4) is 23.3 Å². The predicted molar refractivity (Wildman–Crippen MR) is 136 cm³/mol. The van der Waals surface area contributed by atoms with E-state index in [4.69, 9.17) is 5.26 Å². The monoisotopic (exact) mass is 536 g/mol. The van der Waals surface area contributed by atoms with Crippen LogP contribution in [0.4, 0.5) is 5.69 Å². The third-order valence-electron chi connectivity index (χ3n) is 6.30. The highest BCUT2D eigenvalue weighted by atomic mass is 32.2. The normalized spacial score (nSPS) is 16.0. The molecule has 196 valence electrons. The molecule has 11 nitrogen and oxygen atoms in total. The number of phenolic OH excluding ortho intramolecular Hbond substituents is 3. The average molecular weight is 537 g/mol. The molecule has 1 fully saturated rings. The molecule has 3 aromatic carbocycles. The second-order valence-corrected chi connectivity index (χ2v) is 10.5. The first kappa shape index (κ1) is 26.5. The number of aromatic hydroxyl groups is 3. The second kappa shape index (κ2) is 10.4. The number of sulfonamides is 1. The summed E-state index contributed by atoms with van der Waals surface area (Å²) in [6.07, 6.45) is 0. The number of nitriles is 1. The highest BCUT2D eigenvalue weighted by Gasteiger charge is 2.41. The first-order valence-corrected chi connectivity index (χ1v) is 12.9. The molecule has 3 N–H and O–H groups in total. The van der Waals surface area contributed by atoms with Crippen LogP contribution in [-0.4, -0.2) is 77.5 Å². The van der Waals surface area contributed by atoms with E-state index in [1.54, 1.807) is 30.3 Å². The first-order valence-electron chi connectivity index (χ1n) is 11.4. The minimum absolute atomic E-state index is 0.0627. The number of hydrogen-bond acceptors (Lipinski definition) is 8. The SMILES string of the molecule is CN(C(=O)C1CN(S(=O)(=O)c2ccc(C#N)cc2)CCN1C(=O)c1cc(O)c(O)c(O)c1)c1ccccc1. The quantitative estimate of drug-likeness (QED) is 0.416. The summed E-state index contributed by atoms with van der Waals surface area (Å²) in [7, 11) is -2.57. The number of anilines is 1. The number of piperazine rings is 1. The molecule has 1 aliphatic rings. The standard InChI is InChI=1S/C26H24N4O7S/c1-28(19-5-3-2-4-6-19)26(35)21-16-29(38(36,37)20-9-7-17(15-27)8-10-20)11-12-30(21)25(34)18-13-22(31)24(33)23(32)14-18/h2-10,13-14,21,31-33H,11-12,16H2,1H3. The molecule has 38 heavy (non-hydrogen) atoms. The molecule has 0 aromatic heterocycles. The van der Waals surface area contributed by atoms with Gasteiger partial charge in [0.05, 0.1) is 16.5 Å². The van der Waals surface area contributed by atoms with E-state index in [-0.39, 0.29) is 35.7 Å². The average Bonchev–Trinajstić information content (AvgIpc) is 2.94. The van der Waals surface area contributed by atoms with Crippen LogP contribution in [0.25, 0.3) is 0 Å². The van der Waals surface area contributed by atoms with Gasteiger partial charge in [-0.15, -0.1) is 0 Å². The van der Waals surface area contributed by atoms with E-state index < -0.39 is 45.1 Å². The van der Waals surface area contributed by atoms with Crippen LogP contribution >= 0.6 is 0 Å². The van der Waals surface area contributed by atoms with Crippen LogP contribution in [0, 0.1) is 11.3 Å². The van der Waals surface area contributed by atoms with Gasteiger partial charge in [0.1, 0.15) is 6.04 Å². The molecule has 1 unspecified atom stereocenters. The summed E-state index contributed by atoms with van der Waals surface area (Å²) in [5.41, 5.74) is 0.621. The fourth-order valence-corrected chi connectivity index (χ4v) is 5.61. The third-order valence-corrected chi connectivity index (χ3v) is 8.18. The van der Waals surface area contributed by atoms with Gasteiger partial charge in [0.2, 0.25) is 10.0 Å². The number of hydrogen-bond donors (Lipinski definition) is 3. The van der Waals surface area contributed by atoms with Crippen molar-refractivity contribution in [1.29, 1.82) is 5.26 Å². The Morgan fingerprint density at radius 3 is 2.16 bits per heavy atom. The summed E-state index contributed by atoms with van der Waals surface area (Å²) in [6.45, 7) is -0.668. The van der Waals surface area contributed by atoms with E-state index in [0.29, 0.717) is 5.69 Å². The summed E-state index contributed by atoms with van der Waals surface area (Å²) in [5.74, 6) is -3.54. The number of phenols is 3. The Kier molecular flexibility index (Phi) is 7.25. The van der Waals surface area contributed by atoms with Crippen LogP contribution in [0.1, 0.15) is 15.9 Å². The van der Waals surface area contributed by atoms with Crippen molar-refractivity contribution in [2.45, 2.75) is 10.9 Å². The number of carbonyl (C=O) groups excluding carboxylic acids is 2. The molecule has 2 amide bonds. The lowest BCUT2D eigenvalue weighted by atomic mass is 10.1. The number of benzene rings is 3. The van der Waals surface area contributed by atoms with Crippen LogP contribution in [0.2, 0.25) is 0 Å². The Morgan fingerprint density at radius 2 is 1.58 bits per heavy atom. The summed E-state index contributed by atoms with van der Waals surface area (Å²) < 4.78 is 27.9. The van der Waals surface area contributed by atoms with Crippen LogP contribution < -0.4 is 4.90 Å². The van der Waals surface area contributed by atoms with Gasteiger partial charge in [-0.1, -0.05) is 18.2 Å². The van der Waals surface area contributed by atoms with Crippen LogP contribution in [-0.2, 0) is 14.8 Å². The fraction of sp³-hybridized carbons (Fsp3) is 0.192. The van der Waals surface area contributed by atoms with Crippen molar-refractivity contribution in [2.75, 3.05) is 31.6 Å². The summed E-state index contributed by atoms with van der Waals surface area (Å²) >= 11 is 0. The maximum absolute atomic E-state index is 13.7. The minimum atomic E-state index is -4.07. The third kappa shape index (κ3) is 4.97. The highest BCUT2D eigenvalue weighted by Crippen LogP contribution is 2.36. The van der Waals surface area contributed by atoms with Gasteiger partial charge in [-0.3, -0.25) is 9.59 Å². The van der Waals surface area contributed by atoms with Crippen molar-refractivity contribution in [3.63, 3.8) is 0 Å². The van der Waals surface area contributed by atoms with Crippen molar-refractivity contribution in [1.82, 2.24) is 9.21 Å². The number of carbonyl (C=O) groups is 2. The molecule has 12 heteroatoms. The van der Waals surface area contributed by atoms with E-state index in [1.165, 1.54) is 41.1 Å². The Balaban J connectivity index is 1.70. The smallest absolute Gasteiger partial charge is 0.254 e. The Morgan fingerprint density at radius 1 is 0.974 bits per heavy atom. The molecule has 4 rings (SSSR count). The minimum Gasteiger partial charge on any atom is -0.504 e. The molecule has 0 radical (unpaired) electrons. The molecule has 1 atom stereocenters. The Hall–Kier alpha value is -4.60. The summed E-state index contributed by atoms with van der Waals surface area (Å²) in [6, 6.07) is 16.6. The van der Waals surface area contributed by atoms with Gasteiger partial charge in [-0.05, 0) is 48.5 Å². The number of likely N-dealkylation sites (N-methyl/N-ethyl adjacent to an activating group) is 1. The second-order valence-electron chi connectivity index (χ2n) is 8.61. The van der Waals surface area contributed by atoms with Crippen molar-refractivity contribution < 1.29 is 33.3 Å². The largest absolute Gasteiger partial charge is 0.504 e. The fourth-order valence-electron chi connectivity index (χ4n) is 4.18. The zero-order valence-corrected chi connectivity index (χ0v) is 21.0. The molecule has 1 aliphatic heterocycles. The zero-order chi connectivity index (χ0) is 27.6. The van der Waals surface area contributed by atoms with E-state index in [0.717, 1.165) is 16.4 Å². The number of nitrogens with zero attached hydrogens (tertiary/aromatic N) is 4. The number of amides is 2. The van der Waals surface area contributed by atoms with Gasteiger partial charge < -0.3 is 25.1 Å². The van der Waals surface area contributed by atoms with Crippen molar-refractivity contribution >= 4 is 27.5 Å². The van der Waals surface area contributed by atoms with Crippen LogP contribution in [0.15, 0.2) is 71.6 Å². The highest BCUT2D eigenvalue weighted by molar-refractivity contribution is 7.89. The van der Waals surface area contributed by atoms with Gasteiger partial charge in [0.25, 0.3) is 11.8 Å². The maximum Gasteiger partial charge on any atom is 0.254 e. The molecule has 1 heterocycles. The molecule has 0 bridgehead atoms. The lowest BCUT2D eigenvalue weighted by Crippen LogP contribution is -2.61. The molecular weight excluding hydrogens is 512 g/mol. The Labute approximate surface area is 219 Å². The van der Waals surface area contributed by atoms with Gasteiger partial charge >= 0.3 is 0 Å².